The highest BCUT2D eigenvalue weighted by Crippen LogP contribution is 2.57. The highest BCUT2D eigenvalue weighted by Gasteiger charge is 2.54. The second-order valence-electron chi connectivity index (χ2n) is 11.7. The fraction of sp³-hybridized carbons (Fsp3) is 0.731. The van der Waals surface area contributed by atoms with Crippen LogP contribution >= 0.6 is 11.3 Å². The van der Waals surface area contributed by atoms with Crippen LogP contribution < -0.4 is 5.32 Å². The van der Waals surface area contributed by atoms with E-state index in [-0.39, 0.29) is 46.3 Å². The molecular formula is C26H41N3O3S. The van der Waals surface area contributed by atoms with Gasteiger partial charge in [-0.3, -0.25) is 9.59 Å². The zero-order valence-corrected chi connectivity index (χ0v) is 22.1. The molecule has 2 amide bonds. The highest BCUT2D eigenvalue weighted by molar-refractivity contribution is 7.15. The Bertz CT molecular complexity index is 905. The van der Waals surface area contributed by atoms with E-state index in [0.717, 1.165) is 25.0 Å². The summed E-state index contributed by atoms with van der Waals surface area (Å²) in [6, 6.07) is 0. The molecular weight excluding hydrogens is 434 g/mol. The van der Waals surface area contributed by atoms with E-state index in [1.165, 1.54) is 4.88 Å². The Morgan fingerprint density at radius 2 is 2.09 bits per heavy atom. The molecule has 1 aromatic heterocycles. The van der Waals surface area contributed by atoms with E-state index in [9.17, 15) is 14.7 Å². The van der Waals surface area contributed by atoms with Crippen LogP contribution in [-0.4, -0.2) is 46.5 Å². The summed E-state index contributed by atoms with van der Waals surface area (Å²) in [5.41, 5.74) is 0.872. The molecule has 33 heavy (non-hydrogen) atoms. The number of amides is 2. The molecule has 1 saturated carbocycles. The number of carbonyl (C=O) groups is 2. The second-order valence-corrected chi connectivity index (χ2v) is 12.8. The molecule has 184 valence electrons. The molecule has 0 spiro atoms. The zero-order chi connectivity index (χ0) is 24.7. The van der Waals surface area contributed by atoms with Gasteiger partial charge in [-0.1, -0.05) is 47.6 Å². The fourth-order valence-corrected chi connectivity index (χ4v) is 7.34. The minimum Gasteiger partial charge on any atom is -0.392 e. The highest BCUT2D eigenvalue weighted by atomic mass is 32.1. The molecule has 2 aliphatic carbocycles. The van der Waals surface area contributed by atoms with Crippen molar-refractivity contribution < 1.29 is 14.7 Å². The predicted octanol–water partition coefficient (Wildman–Crippen LogP) is 4.85. The third-order valence-corrected chi connectivity index (χ3v) is 8.66. The lowest BCUT2D eigenvalue weighted by atomic mass is 9.53. The van der Waals surface area contributed by atoms with Gasteiger partial charge in [0.2, 0.25) is 11.8 Å². The molecule has 2 N–H and O–H groups in total. The molecule has 1 aromatic rings. The van der Waals surface area contributed by atoms with Crippen LogP contribution in [-0.2, 0) is 16.0 Å². The number of aromatic nitrogens is 1. The summed E-state index contributed by atoms with van der Waals surface area (Å²) in [6.45, 7) is 16.7. The Labute approximate surface area is 202 Å². The molecule has 1 heterocycles. The average molecular weight is 476 g/mol. The maximum atomic E-state index is 12.9. The number of likely N-dealkylation sites (N-methyl/N-ethyl adjacent to an activating group) is 1. The molecule has 0 bridgehead atoms. The molecule has 0 aromatic carbocycles. The Morgan fingerprint density at radius 3 is 2.70 bits per heavy atom. The maximum absolute atomic E-state index is 12.9. The standard InChI is InChI=1S/C26H41N3O3S/c1-9-12-29(8)23(32)15(2)17-10-11-26(7)13-18-21(16(3)20(26)22(17)31)28-24(33-18)27-19(30)14-25(4,5)6/h9,15-17,20,22,31H,1,10-14H2,2-8H3,(H,27,28,30)/t15-,16-,17+,20+,22-,26+/m0/s1. The molecule has 0 aliphatic heterocycles. The van der Waals surface area contributed by atoms with Crippen LogP contribution in [0.5, 0.6) is 0 Å². The molecule has 7 heteroatoms. The minimum absolute atomic E-state index is 0.0130. The van der Waals surface area contributed by atoms with E-state index in [2.05, 4.69) is 25.7 Å². The normalized spacial score (nSPS) is 30.1. The summed E-state index contributed by atoms with van der Waals surface area (Å²) in [5.74, 6) is -0.175. The first-order valence-electron chi connectivity index (χ1n) is 12.1. The van der Waals surface area contributed by atoms with Crippen molar-refractivity contribution in [3.05, 3.63) is 23.2 Å². The lowest BCUT2D eigenvalue weighted by molar-refractivity contribution is -0.143. The van der Waals surface area contributed by atoms with Crippen molar-refractivity contribution in [3.8, 4) is 0 Å². The maximum Gasteiger partial charge on any atom is 0.226 e. The number of thiazole rings is 1. The van der Waals surface area contributed by atoms with Gasteiger partial charge in [0, 0.05) is 36.7 Å². The molecule has 1 fully saturated rings. The number of hydrogen-bond donors (Lipinski definition) is 2. The van der Waals surface area contributed by atoms with E-state index >= 15 is 0 Å². The van der Waals surface area contributed by atoms with Gasteiger partial charge in [0.05, 0.1) is 11.8 Å². The van der Waals surface area contributed by atoms with Gasteiger partial charge in [0.25, 0.3) is 0 Å². The van der Waals surface area contributed by atoms with Crippen molar-refractivity contribution in [2.24, 2.45) is 28.6 Å². The number of nitrogens with one attached hydrogen (secondary N) is 1. The summed E-state index contributed by atoms with van der Waals surface area (Å²) >= 11 is 1.58. The number of carbonyl (C=O) groups excluding carboxylic acids is 2. The molecule has 0 unspecified atom stereocenters. The third kappa shape index (κ3) is 5.35. The Kier molecular flexibility index (Phi) is 7.45. The monoisotopic (exact) mass is 475 g/mol. The van der Waals surface area contributed by atoms with E-state index in [0.29, 0.717) is 18.1 Å². The van der Waals surface area contributed by atoms with E-state index in [1.807, 2.05) is 27.7 Å². The van der Waals surface area contributed by atoms with E-state index in [4.69, 9.17) is 4.98 Å². The van der Waals surface area contributed by atoms with Gasteiger partial charge < -0.3 is 15.3 Å². The lowest BCUT2D eigenvalue weighted by Gasteiger charge is -2.53. The van der Waals surface area contributed by atoms with Gasteiger partial charge in [-0.15, -0.1) is 17.9 Å². The van der Waals surface area contributed by atoms with E-state index in [1.54, 1.807) is 29.4 Å². The van der Waals surface area contributed by atoms with Gasteiger partial charge >= 0.3 is 0 Å². The number of fused-ring (bicyclic) bond motifs is 2. The molecule has 6 nitrogen and oxygen atoms in total. The van der Waals surface area contributed by atoms with Crippen molar-refractivity contribution in [3.63, 3.8) is 0 Å². The van der Waals surface area contributed by atoms with Crippen LogP contribution in [0.1, 0.15) is 77.3 Å². The van der Waals surface area contributed by atoms with Crippen molar-refractivity contribution in [2.75, 3.05) is 18.9 Å². The summed E-state index contributed by atoms with van der Waals surface area (Å²) in [4.78, 5) is 33.1. The molecule has 2 aliphatic rings. The summed E-state index contributed by atoms with van der Waals surface area (Å²) < 4.78 is 0. The van der Waals surface area contributed by atoms with Crippen LogP contribution in [0.2, 0.25) is 0 Å². The second kappa shape index (κ2) is 9.49. The van der Waals surface area contributed by atoms with Gasteiger partial charge in [0.15, 0.2) is 5.13 Å². The quantitative estimate of drug-likeness (QED) is 0.576. The van der Waals surface area contributed by atoms with Gasteiger partial charge in [0.1, 0.15) is 0 Å². The van der Waals surface area contributed by atoms with Gasteiger partial charge in [-0.05, 0) is 41.9 Å². The topological polar surface area (TPSA) is 82.5 Å². The Balaban J connectivity index is 1.80. The number of aliphatic hydroxyl groups is 1. The SMILES string of the molecule is C=CCN(C)C(=O)[C@@H](C)[C@H]1CC[C@]2(C)Cc3sc(NC(=O)CC(C)(C)C)nc3[C@@H](C)[C@@H]2[C@H]1O. The number of rotatable bonds is 6. The Morgan fingerprint density at radius 1 is 1.42 bits per heavy atom. The number of anilines is 1. The first kappa shape index (κ1) is 25.9. The summed E-state index contributed by atoms with van der Waals surface area (Å²) in [7, 11) is 1.79. The third-order valence-electron chi connectivity index (χ3n) is 7.67. The van der Waals surface area contributed by atoms with Crippen molar-refractivity contribution >= 4 is 28.3 Å². The van der Waals surface area contributed by atoms with Crippen LogP contribution in [0.4, 0.5) is 5.13 Å². The fourth-order valence-electron chi connectivity index (χ4n) is 6.06. The van der Waals surface area contributed by atoms with Crippen molar-refractivity contribution in [1.82, 2.24) is 9.88 Å². The average Bonchev–Trinajstić information content (AvgIpc) is 3.07. The summed E-state index contributed by atoms with van der Waals surface area (Å²) in [5, 5.41) is 15.2. The minimum atomic E-state index is -0.566. The first-order valence-corrected chi connectivity index (χ1v) is 12.9. The smallest absolute Gasteiger partial charge is 0.226 e. The number of hydrogen-bond acceptors (Lipinski definition) is 5. The van der Waals surface area contributed by atoms with Crippen molar-refractivity contribution in [2.45, 2.75) is 79.2 Å². The largest absolute Gasteiger partial charge is 0.392 e. The summed E-state index contributed by atoms with van der Waals surface area (Å²) in [6.07, 6.45) is 4.26. The molecule has 3 rings (SSSR count). The molecule has 0 radical (unpaired) electrons. The van der Waals surface area contributed by atoms with Gasteiger partial charge in [-0.25, -0.2) is 4.98 Å². The van der Waals surface area contributed by atoms with Crippen molar-refractivity contribution in [1.29, 1.82) is 0 Å². The Hall–Kier alpha value is -1.73. The van der Waals surface area contributed by atoms with Crippen LogP contribution in [0.3, 0.4) is 0 Å². The van der Waals surface area contributed by atoms with Crippen LogP contribution in [0.15, 0.2) is 12.7 Å². The van der Waals surface area contributed by atoms with Gasteiger partial charge in [-0.2, -0.15) is 0 Å². The predicted molar refractivity (Wildman–Crippen MR) is 134 cm³/mol. The van der Waals surface area contributed by atoms with Crippen LogP contribution in [0.25, 0.3) is 0 Å². The van der Waals surface area contributed by atoms with Crippen LogP contribution in [0, 0.1) is 28.6 Å². The molecule has 0 saturated heterocycles. The van der Waals surface area contributed by atoms with E-state index < -0.39 is 6.10 Å². The zero-order valence-electron chi connectivity index (χ0n) is 21.3. The molecule has 6 atom stereocenters. The number of nitrogens with zero attached hydrogens (tertiary/aromatic N) is 2. The lowest BCUT2D eigenvalue weighted by Crippen LogP contribution is -2.53. The first-order chi connectivity index (χ1) is 15.3. The number of aliphatic hydroxyl groups excluding tert-OH is 1.